The molecule has 0 spiro atoms. The molecule has 4 heterocycles. The van der Waals surface area contributed by atoms with Gasteiger partial charge in [0.1, 0.15) is 22.6 Å². The van der Waals surface area contributed by atoms with Gasteiger partial charge in [0, 0.05) is 23.3 Å². The minimum atomic E-state index is -4.04. The van der Waals surface area contributed by atoms with Crippen molar-refractivity contribution < 1.29 is 22.7 Å². The molecular formula is C31H36N6O6S2. The largest absolute Gasteiger partial charge is 0.458 e. The SMILES string of the molecule is CC(C)(C)OC(=O)[C@H](CCc1ccc(-n2c(=O)[nH]c3cccnc32)cc1)NC(=O)[C@H]1N(S(=O)(=O)c2cccnc2)CSC1(C)C. The van der Waals surface area contributed by atoms with E-state index in [1.54, 1.807) is 65.1 Å². The smallest absolute Gasteiger partial charge is 0.332 e. The number of aryl methyl sites for hydroxylation is 1. The summed E-state index contributed by atoms with van der Waals surface area (Å²) in [7, 11) is -4.04. The van der Waals surface area contributed by atoms with Crippen molar-refractivity contribution in [2.45, 2.75) is 74.8 Å². The molecule has 2 atom stereocenters. The van der Waals surface area contributed by atoms with Gasteiger partial charge in [0.05, 0.1) is 17.1 Å². The van der Waals surface area contributed by atoms with Crippen LogP contribution in [0.5, 0.6) is 0 Å². The predicted octanol–water partition coefficient (Wildman–Crippen LogP) is 3.41. The highest BCUT2D eigenvalue weighted by molar-refractivity contribution is 8.02. The molecule has 3 aromatic heterocycles. The van der Waals surface area contributed by atoms with E-state index in [9.17, 15) is 22.8 Å². The molecule has 1 aliphatic heterocycles. The molecule has 2 N–H and O–H groups in total. The maximum atomic E-state index is 13.9. The standard InChI is InChI=1S/C31H36N6O6S2/c1-30(2,3)43-28(39)24(15-12-20-10-13-21(14-11-20)37-26-23(35-29(37)40)9-7-17-33-26)34-27(38)25-31(4,5)44-19-36(25)45(41,42)22-8-6-16-32-18-22/h6-11,13-14,16-18,24-25H,12,15,19H2,1-5H3,(H,34,38)(H,35,40)/t24-,25+/m0/s1. The molecule has 12 nitrogen and oxygen atoms in total. The maximum absolute atomic E-state index is 13.9. The molecular weight excluding hydrogens is 617 g/mol. The molecule has 0 radical (unpaired) electrons. The summed E-state index contributed by atoms with van der Waals surface area (Å²) < 4.78 is 34.6. The highest BCUT2D eigenvalue weighted by Gasteiger charge is 2.51. The van der Waals surface area contributed by atoms with Crippen molar-refractivity contribution in [1.29, 1.82) is 0 Å². The molecule has 14 heteroatoms. The lowest BCUT2D eigenvalue weighted by Gasteiger charge is -2.31. The summed E-state index contributed by atoms with van der Waals surface area (Å²) in [5, 5.41) is 2.82. The number of hydrogen-bond donors (Lipinski definition) is 2. The van der Waals surface area contributed by atoms with Crippen molar-refractivity contribution in [1.82, 2.24) is 29.1 Å². The minimum absolute atomic E-state index is 0.0149. The van der Waals surface area contributed by atoms with E-state index < -0.39 is 44.3 Å². The Labute approximate surface area is 265 Å². The zero-order chi connectivity index (χ0) is 32.6. The van der Waals surface area contributed by atoms with E-state index in [0.29, 0.717) is 23.3 Å². The lowest BCUT2D eigenvalue weighted by Crippen LogP contribution is -2.56. The van der Waals surface area contributed by atoms with E-state index in [4.69, 9.17) is 4.74 Å². The summed E-state index contributed by atoms with van der Waals surface area (Å²) >= 11 is 1.34. The van der Waals surface area contributed by atoms with Crippen LogP contribution in [0.2, 0.25) is 0 Å². The second-order valence-electron chi connectivity index (χ2n) is 12.3. The molecule has 0 saturated carbocycles. The second kappa shape index (κ2) is 12.4. The molecule has 1 fully saturated rings. The number of nitrogens with one attached hydrogen (secondary N) is 2. The van der Waals surface area contributed by atoms with Gasteiger partial charge in [0.15, 0.2) is 5.65 Å². The van der Waals surface area contributed by atoms with E-state index in [2.05, 4.69) is 20.3 Å². The number of amides is 1. The highest BCUT2D eigenvalue weighted by atomic mass is 32.2. The Kier molecular flexibility index (Phi) is 8.93. The molecule has 1 saturated heterocycles. The lowest BCUT2D eigenvalue weighted by molar-refractivity contribution is -0.159. The Morgan fingerprint density at radius 3 is 2.51 bits per heavy atom. The average Bonchev–Trinajstić information content (AvgIpc) is 3.50. The van der Waals surface area contributed by atoms with Gasteiger partial charge in [-0.25, -0.2) is 27.6 Å². The van der Waals surface area contributed by atoms with Crippen LogP contribution in [0.15, 0.2) is 76.8 Å². The van der Waals surface area contributed by atoms with E-state index >= 15 is 0 Å². The van der Waals surface area contributed by atoms with E-state index in [1.165, 1.54) is 40.9 Å². The number of H-pyrrole nitrogens is 1. The number of esters is 1. The third-order valence-electron chi connectivity index (χ3n) is 7.37. The number of fused-ring (bicyclic) bond motifs is 1. The van der Waals surface area contributed by atoms with Crippen LogP contribution in [-0.2, 0) is 30.8 Å². The maximum Gasteiger partial charge on any atom is 0.332 e. The van der Waals surface area contributed by atoms with E-state index in [0.717, 1.165) is 9.87 Å². The second-order valence-corrected chi connectivity index (χ2v) is 15.8. The van der Waals surface area contributed by atoms with Crippen molar-refractivity contribution in [2.24, 2.45) is 0 Å². The van der Waals surface area contributed by atoms with Gasteiger partial charge in [-0.15, -0.1) is 11.8 Å². The van der Waals surface area contributed by atoms with Gasteiger partial charge in [0.25, 0.3) is 0 Å². The first-order valence-corrected chi connectivity index (χ1v) is 16.8. The zero-order valence-corrected chi connectivity index (χ0v) is 27.3. The first-order chi connectivity index (χ1) is 21.2. The number of sulfonamides is 1. The molecule has 0 unspecified atom stereocenters. The monoisotopic (exact) mass is 652 g/mol. The molecule has 45 heavy (non-hydrogen) atoms. The number of carbonyl (C=O) groups is 2. The van der Waals surface area contributed by atoms with Gasteiger partial charge < -0.3 is 15.0 Å². The average molecular weight is 653 g/mol. The van der Waals surface area contributed by atoms with Crippen molar-refractivity contribution >= 4 is 44.8 Å². The van der Waals surface area contributed by atoms with Crippen LogP contribution < -0.4 is 11.0 Å². The Hall–Kier alpha value is -4.01. The Morgan fingerprint density at radius 2 is 1.84 bits per heavy atom. The lowest BCUT2D eigenvalue weighted by atomic mass is 10.0. The molecule has 5 rings (SSSR count). The number of thioether (sulfide) groups is 1. The summed E-state index contributed by atoms with van der Waals surface area (Å²) in [4.78, 5) is 50.8. The Balaban J connectivity index is 1.36. The number of aromatic nitrogens is 4. The molecule has 0 bridgehead atoms. The van der Waals surface area contributed by atoms with Crippen molar-refractivity contribution in [3.8, 4) is 5.69 Å². The molecule has 4 aromatic rings. The van der Waals surface area contributed by atoms with Crippen molar-refractivity contribution in [3.63, 3.8) is 0 Å². The highest BCUT2D eigenvalue weighted by Crippen LogP contribution is 2.42. The number of aromatic amines is 1. The Bertz CT molecular complexity index is 1860. The van der Waals surface area contributed by atoms with Crippen molar-refractivity contribution in [3.05, 3.63) is 83.2 Å². The third-order valence-corrected chi connectivity index (χ3v) is 10.7. The fourth-order valence-corrected chi connectivity index (χ4v) is 8.33. The quantitative estimate of drug-likeness (QED) is 0.259. The number of hydrogen-bond acceptors (Lipinski definition) is 9. The Morgan fingerprint density at radius 1 is 1.13 bits per heavy atom. The van der Waals surface area contributed by atoms with Crippen LogP contribution in [0.25, 0.3) is 16.9 Å². The molecule has 0 aliphatic carbocycles. The molecule has 1 amide bonds. The van der Waals surface area contributed by atoms with Gasteiger partial charge in [-0.05, 0) is 89.4 Å². The van der Waals surface area contributed by atoms with Crippen LogP contribution in [0.3, 0.4) is 0 Å². The first kappa shape index (κ1) is 32.4. The number of pyridine rings is 2. The number of nitrogens with zero attached hydrogens (tertiary/aromatic N) is 4. The predicted molar refractivity (Wildman–Crippen MR) is 171 cm³/mol. The van der Waals surface area contributed by atoms with Crippen LogP contribution in [0.1, 0.15) is 46.6 Å². The first-order valence-electron chi connectivity index (χ1n) is 14.4. The number of carbonyl (C=O) groups excluding carboxylic acids is 2. The normalized spacial score (nSPS) is 17.7. The summed E-state index contributed by atoms with van der Waals surface area (Å²) in [5.41, 5.74) is 1.51. The van der Waals surface area contributed by atoms with Crippen LogP contribution >= 0.6 is 11.8 Å². The van der Waals surface area contributed by atoms with E-state index in [1.807, 2.05) is 12.1 Å². The van der Waals surface area contributed by atoms with Gasteiger partial charge in [-0.2, -0.15) is 4.31 Å². The van der Waals surface area contributed by atoms with Crippen LogP contribution in [0, 0.1) is 0 Å². The topological polar surface area (TPSA) is 156 Å². The number of imidazole rings is 1. The molecule has 238 valence electrons. The van der Waals surface area contributed by atoms with Crippen LogP contribution in [-0.4, -0.2) is 72.4 Å². The van der Waals surface area contributed by atoms with E-state index in [-0.39, 0.29) is 22.9 Å². The summed E-state index contributed by atoms with van der Waals surface area (Å²) in [6, 6.07) is 11.6. The third kappa shape index (κ3) is 6.97. The van der Waals surface area contributed by atoms with Gasteiger partial charge >= 0.3 is 11.7 Å². The molecule has 1 aliphatic rings. The van der Waals surface area contributed by atoms with Crippen LogP contribution in [0.4, 0.5) is 0 Å². The fraction of sp³-hybridized carbons (Fsp3) is 0.387. The molecule has 1 aromatic carbocycles. The number of ether oxygens (including phenoxy) is 1. The number of benzene rings is 1. The summed E-state index contributed by atoms with van der Waals surface area (Å²) in [6.45, 7) is 8.83. The van der Waals surface area contributed by atoms with Gasteiger partial charge in [-0.1, -0.05) is 12.1 Å². The van der Waals surface area contributed by atoms with Crippen molar-refractivity contribution in [2.75, 3.05) is 5.88 Å². The van der Waals surface area contributed by atoms with Gasteiger partial charge in [-0.3, -0.25) is 9.78 Å². The number of rotatable bonds is 9. The summed E-state index contributed by atoms with van der Waals surface area (Å²) in [6.07, 6.45) is 4.94. The summed E-state index contributed by atoms with van der Waals surface area (Å²) in [5.74, 6) is -1.13. The fourth-order valence-electron chi connectivity index (χ4n) is 5.19. The minimum Gasteiger partial charge on any atom is -0.458 e. The zero-order valence-electron chi connectivity index (χ0n) is 25.7. The van der Waals surface area contributed by atoms with Gasteiger partial charge in [0.2, 0.25) is 15.9 Å².